The van der Waals surface area contributed by atoms with Gasteiger partial charge in [-0.1, -0.05) is 12.2 Å². The summed E-state index contributed by atoms with van der Waals surface area (Å²) in [7, 11) is 0. The fourth-order valence-electron chi connectivity index (χ4n) is 8.41. The van der Waals surface area contributed by atoms with Crippen molar-refractivity contribution in [3.05, 3.63) is 70.7 Å². The number of benzene rings is 1. The summed E-state index contributed by atoms with van der Waals surface area (Å²) in [5.74, 6) is -1.24. The predicted octanol–water partition coefficient (Wildman–Crippen LogP) is 1.23. The van der Waals surface area contributed by atoms with E-state index in [0.29, 0.717) is 84.0 Å². The van der Waals surface area contributed by atoms with Crippen LogP contribution in [0.4, 0.5) is 11.9 Å². The molecule has 2 saturated heterocycles. The Morgan fingerprint density at radius 2 is 1.62 bits per heavy atom. The number of hydrogen-bond donors (Lipinski definition) is 4. The number of aryl methyl sites for hydroxylation is 4. The molecular weight excluding hydrogens is 775 g/mol. The van der Waals surface area contributed by atoms with Crippen molar-refractivity contribution < 1.29 is 33.2 Å². The van der Waals surface area contributed by atoms with Gasteiger partial charge in [-0.25, -0.2) is 15.0 Å². The Labute approximate surface area is 341 Å². The highest BCUT2D eigenvalue weighted by Crippen LogP contribution is 2.33. The first-order chi connectivity index (χ1) is 28.9. The monoisotopic (exact) mass is 818 g/mol. The molecule has 2 atom stereocenters. The summed E-state index contributed by atoms with van der Waals surface area (Å²) >= 11 is 0. The van der Waals surface area contributed by atoms with Crippen LogP contribution in [0, 0.1) is 13.8 Å². The number of nitrogens with two attached hydrogens (primary N) is 2. The van der Waals surface area contributed by atoms with Gasteiger partial charge in [0.25, 0.3) is 11.7 Å². The molecule has 0 radical (unpaired) electrons. The van der Waals surface area contributed by atoms with Crippen LogP contribution in [-0.4, -0.2) is 111 Å². The zero-order valence-electron chi connectivity index (χ0n) is 33.5. The molecule has 6 N–H and O–H groups in total. The number of nitrogens with zero attached hydrogens (tertiary/aromatic N) is 11. The first-order valence-electron chi connectivity index (χ1n) is 19.8. The number of primary amides is 2. The fraction of sp³-hybridized carbons (Fsp3) is 0.385. The van der Waals surface area contributed by atoms with Gasteiger partial charge < -0.3 is 25.5 Å². The third kappa shape index (κ3) is 6.51. The summed E-state index contributed by atoms with van der Waals surface area (Å²) in [6, 6.07) is 5.03. The fourth-order valence-corrected chi connectivity index (χ4v) is 8.41. The van der Waals surface area contributed by atoms with Crippen molar-refractivity contribution in [3.8, 4) is 11.4 Å². The van der Waals surface area contributed by atoms with Crippen LogP contribution in [0.25, 0.3) is 27.9 Å². The van der Waals surface area contributed by atoms with Crippen molar-refractivity contribution in [2.75, 3.05) is 36.9 Å². The number of morpholine rings is 1. The van der Waals surface area contributed by atoms with E-state index < -0.39 is 23.6 Å². The minimum absolute atomic E-state index is 0.108. The van der Waals surface area contributed by atoms with Crippen LogP contribution >= 0.6 is 0 Å². The number of aromatic nitrogens is 10. The Morgan fingerprint density at radius 1 is 0.917 bits per heavy atom. The highest BCUT2D eigenvalue weighted by molar-refractivity contribution is 6.06. The number of carbonyl (C=O) groups excluding carboxylic acids is 4. The second kappa shape index (κ2) is 15.0. The lowest BCUT2D eigenvalue weighted by molar-refractivity contribution is -0.606. The summed E-state index contributed by atoms with van der Waals surface area (Å²) in [5, 5.41) is 15.4. The molecule has 0 saturated carbocycles. The number of likely N-dealkylation sites (tertiary alicyclic amines) is 1. The van der Waals surface area contributed by atoms with Crippen LogP contribution in [0.1, 0.15) is 73.6 Å². The minimum atomic E-state index is -0.674. The summed E-state index contributed by atoms with van der Waals surface area (Å²) < 4.78 is 20.4. The van der Waals surface area contributed by atoms with Gasteiger partial charge in [-0.2, -0.15) is 9.67 Å². The maximum atomic E-state index is 14.7. The largest absolute Gasteiger partial charge is 0.490 e. The van der Waals surface area contributed by atoms with E-state index in [-0.39, 0.29) is 53.7 Å². The van der Waals surface area contributed by atoms with Crippen molar-refractivity contribution in [2.24, 2.45) is 11.5 Å². The van der Waals surface area contributed by atoms with Crippen LogP contribution in [0.3, 0.4) is 0 Å². The Balaban J connectivity index is 1.21. The molecular formula is C39H44N15O6+. The average Bonchev–Trinajstić information content (AvgIpc) is 4.08. The van der Waals surface area contributed by atoms with Crippen molar-refractivity contribution in [2.45, 2.75) is 72.4 Å². The van der Waals surface area contributed by atoms with Crippen molar-refractivity contribution >= 4 is 57.7 Å². The number of allylic oxidation sites excluding steroid dienone is 2. The first kappa shape index (κ1) is 38.5. The van der Waals surface area contributed by atoms with E-state index in [4.69, 9.17) is 31.0 Å². The summed E-state index contributed by atoms with van der Waals surface area (Å²) in [6.45, 7) is 10.7. The Bertz CT molecular complexity index is 2790. The first-order valence-corrected chi connectivity index (χ1v) is 19.8. The van der Waals surface area contributed by atoms with Gasteiger partial charge >= 0.3 is 11.7 Å². The number of fused-ring (bicyclic) bond motifs is 11. The highest BCUT2D eigenvalue weighted by atomic mass is 16.5. The molecule has 0 aliphatic carbocycles. The number of hydrogen-bond acceptors (Lipinski definition) is 12. The second-order valence-electron chi connectivity index (χ2n) is 14.9. The minimum Gasteiger partial charge on any atom is -0.490 e. The van der Waals surface area contributed by atoms with Crippen LogP contribution in [0.2, 0.25) is 0 Å². The molecule has 6 aromatic rings. The summed E-state index contributed by atoms with van der Waals surface area (Å²) in [6.07, 6.45) is 6.30. The lowest BCUT2D eigenvalue weighted by atomic mass is 10.1. The number of pyridine rings is 1. The SMILES string of the molecule is CCn1nc(C)c2c1C(=O)Nc1nc3cc(C(N)=O)cc(OCCN4CC5CC4CO5)c3n1C/C=C/Cn1c(nc3cc(C(N)=O)cnc31)NC(=O)c1n(CC)nc(C)[n+]1-2. The molecule has 2 bridgehead atoms. The Morgan fingerprint density at radius 3 is 2.32 bits per heavy atom. The summed E-state index contributed by atoms with van der Waals surface area (Å²) in [5.41, 5.74) is 14.3. The maximum Gasteiger partial charge on any atom is 0.331 e. The molecule has 1 aromatic carbocycles. The van der Waals surface area contributed by atoms with Crippen LogP contribution < -0.4 is 31.4 Å². The molecule has 5 aromatic heterocycles. The number of rotatable bonds is 8. The van der Waals surface area contributed by atoms with Crippen LogP contribution in [0.5, 0.6) is 5.75 Å². The van der Waals surface area contributed by atoms with Crippen molar-refractivity contribution in [3.63, 3.8) is 0 Å². The van der Waals surface area contributed by atoms with Gasteiger partial charge in [0.2, 0.25) is 23.7 Å². The Hall–Kier alpha value is -7.00. The zero-order chi connectivity index (χ0) is 42.0. The molecule has 21 heteroatoms. The smallest absolute Gasteiger partial charge is 0.331 e. The number of nitrogens with one attached hydrogen (secondary N) is 2. The van der Waals surface area contributed by atoms with Gasteiger partial charge in [0.15, 0.2) is 17.0 Å². The maximum absolute atomic E-state index is 14.7. The van der Waals surface area contributed by atoms with E-state index >= 15 is 0 Å². The third-order valence-corrected chi connectivity index (χ3v) is 11.2. The molecule has 4 amide bonds. The lowest BCUT2D eigenvalue weighted by Crippen LogP contribution is -2.44. The van der Waals surface area contributed by atoms with Gasteiger partial charge in [0.1, 0.15) is 29.9 Å². The number of anilines is 2. The number of imidazole rings is 2. The molecule has 3 aliphatic heterocycles. The number of ether oxygens (including phenoxy) is 2. The molecule has 2 unspecified atom stereocenters. The molecule has 0 spiro atoms. The topological polar surface area (TPSA) is 254 Å². The Kier molecular flexibility index (Phi) is 9.62. The second-order valence-corrected chi connectivity index (χ2v) is 14.9. The normalized spacial score (nSPS) is 18.5. The lowest BCUT2D eigenvalue weighted by Gasteiger charge is -2.26. The molecule has 3 aliphatic rings. The molecule has 2 fully saturated rings. The molecule has 60 heavy (non-hydrogen) atoms. The number of amides is 4. The number of carbonyl (C=O) groups is 4. The average molecular weight is 819 g/mol. The summed E-state index contributed by atoms with van der Waals surface area (Å²) in [4.78, 5) is 70.3. The zero-order valence-corrected chi connectivity index (χ0v) is 33.5. The van der Waals surface area contributed by atoms with E-state index in [9.17, 15) is 19.2 Å². The van der Waals surface area contributed by atoms with Gasteiger partial charge in [-0.15, -0.1) is 4.68 Å². The third-order valence-electron chi connectivity index (χ3n) is 11.2. The van der Waals surface area contributed by atoms with E-state index in [1.165, 1.54) is 16.9 Å². The van der Waals surface area contributed by atoms with Gasteiger partial charge in [0.05, 0.1) is 29.5 Å². The molecule has 310 valence electrons. The van der Waals surface area contributed by atoms with Gasteiger partial charge in [-0.3, -0.25) is 44.0 Å². The van der Waals surface area contributed by atoms with E-state index in [1.54, 1.807) is 44.4 Å². The van der Waals surface area contributed by atoms with Gasteiger partial charge in [-0.05, 0) is 45.4 Å². The van der Waals surface area contributed by atoms with Crippen LogP contribution in [0.15, 0.2) is 36.5 Å². The van der Waals surface area contributed by atoms with E-state index in [1.807, 2.05) is 26.0 Å². The van der Waals surface area contributed by atoms with E-state index in [0.717, 1.165) is 13.0 Å². The quantitative estimate of drug-likeness (QED) is 0.125. The van der Waals surface area contributed by atoms with Crippen molar-refractivity contribution in [1.29, 1.82) is 0 Å². The molecule has 21 nitrogen and oxygen atoms in total. The van der Waals surface area contributed by atoms with Crippen LogP contribution in [-0.2, 0) is 30.9 Å². The van der Waals surface area contributed by atoms with Crippen molar-refractivity contribution in [1.82, 2.24) is 48.5 Å². The standard InChI is InChI=1S/C39H43N15O6/c1-5-52-31-29(20(3)47-52)54-21(4)48-53(6-2)37(54)36(58)46-39-44-27-14-23(33(41)56)17-42-34(27)51(39)10-8-7-9-50-30-26(43-38(50)45-35(31)57)13-22(32(40)55)15-28(30)59-12-11-49-18-25-16-24(49)19-60-25/h7-8,13-15,17,24-25H,5-6,9-12,16,18-19H2,1-4H3,(H5-,40,41,43,44,45,46,55,56,57,58)/p+1/b8-7+. The van der Waals surface area contributed by atoms with E-state index in [2.05, 4.69) is 30.6 Å². The highest BCUT2D eigenvalue weighted by Gasteiger charge is 2.39. The van der Waals surface area contributed by atoms with Gasteiger partial charge in [0, 0.05) is 62.5 Å². The molecule has 9 rings (SSSR count). The molecule has 8 heterocycles. The predicted molar refractivity (Wildman–Crippen MR) is 215 cm³/mol.